The zero-order valence-electron chi connectivity index (χ0n) is 9.73. The lowest BCUT2D eigenvalue weighted by Crippen LogP contribution is -2.29. The van der Waals surface area contributed by atoms with Crippen LogP contribution in [0.4, 0.5) is 18.9 Å². The summed E-state index contributed by atoms with van der Waals surface area (Å²) in [6.45, 7) is 1.53. The number of benzene rings is 1. The average Bonchev–Trinajstić information content (AvgIpc) is 2.27. The van der Waals surface area contributed by atoms with Crippen molar-refractivity contribution in [3.8, 4) is 0 Å². The van der Waals surface area contributed by atoms with Crippen LogP contribution in [0.2, 0.25) is 0 Å². The Morgan fingerprint density at radius 3 is 2.11 bits per heavy atom. The fourth-order valence-corrected chi connectivity index (χ4v) is 1.78. The number of halogens is 3. The molecule has 1 aromatic rings. The molecule has 0 aromatic heterocycles. The van der Waals surface area contributed by atoms with Gasteiger partial charge in [-0.1, -0.05) is 12.1 Å². The number of nitrogens with two attached hydrogens (primary N) is 1. The summed E-state index contributed by atoms with van der Waals surface area (Å²) in [6, 6.07) is 4.89. The number of rotatable bonds is 4. The Morgan fingerprint density at radius 1 is 1.26 bits per heavy atom. The van der Waals surface area contributed by atoms with E-state index >= 15 is 0 Å². The molecule has 0 aliphatic rings. The van der Waals surface area contributed by atoms with E-state index in [4.69, 9.17) is 5.73 Å². The third-order valence-electron chi connectivity index (χ3n) is 2.39. The van der Waals surface area contributed by atoms with Crippen molar-refractivity contribution in [2.45, 2.75) is 18.3 Å². The van der Waals surface area contributed by atoms with Crippen molar-refractivity contribution in [2.24, 2.45) is 5.73 Å². The van der Waals surface area contributed by atoms with Gasteiger partial charge >= 0.3 is 15.5 Å². The molecule has 0 bridgehead atoms. The van der Waals surface area contributed by atoms with Gasteiger partial charge in [0.2, 0.25) is 5.91 Å². The zero-order valence-corrected chi connectivity index (χ0v) is 10.5. The monoisotopic (exact) mass is 296 g/mol. The summed E-state index contributed by atoms with van der Waals surface area (Å²) in [5.74, 6) is -1.21. The van der Waals surface area contributed by atoms with E-state index in [1.807, 2.05) is 0 Å². The van der Waals surface area contributed by atoms with E-state index in [-0.39, 0.29) is 5.69 Å². The highest BCUT2D eigenvalue weighted by atomic mass is 32.2. The van der Waals surface area contributed by atoms with E-state index in [2.05, 4.69) is 0 Å². The first-order valence-corrected chi connectivity index (χ1v) is 6.51. The molecule has 1 amide bonds. The van der Waals surface area contributed by atoms with Crippen LogP contribution in [0.1, 0.15) is 18.4 Å². The van der Waals surface area contributed by atoms with Crippen LogP contribution in [0.25, 0.3) is 0 Å². The molecule has 0 aliphatic carbocycles. The van der Waals surface area contributed by atoms with Crippen molar-refractivity contribution < 1.29 is 26.4 Å². The van der Waals surface area contributed by atoms with E-state index in [9.17, 15) is 26.4 Å². The number of sulfonamides is 1. The van der Waals surface area contributed by atoms with Crippen molar-refractivity contribution in [3.63, 3.8) is 0 Å². The highest BCUT2D eigenvalue weighted by molar-refractivity contribution is 7.93. The van der Waals surface area contributed by atoms with Crippen LogP contribution in [0.5, 0.6) is 0 Å². The maximum absolute atomic E-state index is 12.1. The fourth-order valence-electron chi connectivity index (χ4n) is 1.22. The molecule has 0 saturated heterocycles. The lowest BCUT2D eigenvalue weighted by molar-refractivity contribution is -0.119. The van der Waals surface area contributed by atoms with Gasteiger partial charge in [-0.05, 0) is 24.6 Å². The van der Waals surface area contributed by atoms with Crippen molar-refractivity contribution in [2.75, 3.05) is 4.72 Å². The molecule has 3 N–H and O–H groups in total. The van der Waals surface area contributed by atoms with Crippen LogP contribution in [0, 0.1) is 0 Å². The van der Waals surface area contributed by atoms with Crippen LogP contribution in [0.3, 0.4) is 0 Å². The number of carbonyl (C=O) groups excluding carboxylic acids is 1. The minimum Gasteiger partial charge on any atom is -0.369 e. The molecule has 0 fully saturated rings. The van der Waals surface area contributed by atoms with Gasteiger partial charge in [-0.2, -0.15) is 21.6 Å². The topological polar surface area (TPSA) is 89.3 Å². The predicted molar refractivity (Wildman–Crippen MR) is 62.6 cm³/mol. The maximum Gasteiger partial charge on any atom is 0.516 e. The molecule has 0 aliphatic heterocycles. The zero-order chi connectivity index (χ0) is 14.8. The van der Waals surface area contributed by atoms with Gasteiger partial charge in [0.25, 0.3) is 0 Å². The lowest BCUT2D eigenvalue weighted by Gasteiger charge is -2.12. The Balaban J connectivity index is 2.93. The number of hydrogen-bond donors (Lipinski definition) is 2. The summed E-state index contributed by atoms with van der Waals surface area (Å²) >= 11 is 0. The van der Waals surface area contributed by atoms with Crippen LogP contribution in [0.15, 0.2) is 24.3 Å². The Bertz CT molecular complexity index is 567. The molecule has 0 heterocycles. The van der Waals surface area contributed by atoms with E-state index in [1.165, 1.54) is 23.8 Å². The molecular weight excluding hydrogens is 285 g/mol. The van der Waals surface area contributed by atoms with Gasteiger partial charge in [0, 0.05) is 5.69 Å². The highest BCUT2D eigenvalue weighted by Gasteiger charge is 2.45. The van der Waals surface area contributed by atoms with E-state index in [1.54, 1.807) is 0 Å². The third kappa shape index (κ3) is 3.60. The molecule has 106 valence electrons. The van der Waals surface area contributed by atoms with E-state index < -0.39 is 27.4 Å². The van der Waals surface area contributed by atoms with Crippen LogP contribution < -0.4 is 10.5 Å². The Morgan fingerprint density at radius 2 is 1.74 bits per heavy atom. The molecule has 0 spiro atoms. The Kier molecular flexibility index (Phi) is 4.09. The lowest BCUT2D eigenvalue weighted by atomic mass is 10.0. The molecule has 19 heavy (non-hydrogen) atoms. The molecule has 0 saturated carbocycles. The van der Waals surface area contributed by atoms with Gasteiger partial charge in [0.05, 0.1) is 5.92 Å². The van der Waals surface area contributed by atoms with E-state index in [0.717, 1.165) is 12.1 Å². The largest absolute Gasteiger partial charge is 0.516 e. The van der Waals surface area contributed by atoms with Crippen molar-refractivity contribution in [1.29, 1.82) is 0 Å². The molecule has 5 nitrogen and oxygen atoms in total. The van der Waals surface area contributed by atoms with E-state index in [0.29, 0.717) is 5.56 Å². The number of alkyl halides is 3. The summed E-state index contributed by atoms with van der Waals surface area (Å²) in [7, 11) is -5.44. The maximum atomic E-state index is 12.1. The van der Waals surface area contributed by atoms with Gasteiger partial charge in [-0.25, -0.2) is 0 Å². The Labute approximate surface area is 107 Å². The van der Waals surface area contributed by atoms with Crippen molar-refractivity contribution >= 4 is 21.6 Å². The minimum atomic E-state index is -5.44. The summed E-state index contributed by atoms with van der Waals surface area (Å²) < 4.78 is 59.4. The smallest absolute Gasteiger partial charge is 0.369 e. The first-order valence-electron chi connectivity index (χ1n) is 5.03. The SMILES string of the molecule is C[C@@H](C(N)=O)c1ccc(NS(=O)(=O)C(F)(F)F)cc1. The molecule has 0 unspecified atom stereocenters. The first-order chi connectivity index (χ1) is 8.54. The van der Waals surface area contributed by atoms with Gasteiger partial charge in [0.1, 0.15) is 0 Å². The third-order valence-corrected chi connectivity index (χ3v) is 3.51. The summed E-state index contributed by atoms with van der Waals surface area (Å²) in [5.41, 5.74) is -0.0947. The molecule has 9 heteroatoms. The number of amides is 1. The van der Waals surface area contributed by atoms with Crippen LogP contribution >= 0.6 is 0 Å². The second-order valence-electron chi connectivity index (χ2n) is 3.80. The highest BCUT2D eigenvalue weighted by Crippen LogP contribution is 2.26. The molecule has 0 radical (unpaired) electrons. The van der Waals surface area contributed by atoms with Gasteiger partial charge in [-0.15, -0.1) is 0 Å². The quantitative estimate of drug-likeness (QED) is 0.883. The van der Waals surface area contributed by atoms with Gasteiger partial charge < -0.3 is 5.73 Å². The minimum absolute atomic E-state index is 0.252. The second kappa shape index (κ2) is 5.08. The normalized spacial score (nSPS) is 13.9. The average molecular weight is 296 g/mol. The van der Waals surface area contributed by atoms with Crippen LogP contribution in [-0.4, -0.2) is 19.8 Å². The predicted octanol–water partition coefficient (Wildman–Crippen LogP) is 1.54. The first kappa shape index (κ1) is 15.3. The number of nitrogens with one attached hydrogen (secondary N) is 1. The van der Waals surface area contributed by atoms with Crippen LogP contribution in [-0.2, 0) is 14.8 Å². The number of carbonyl (C=O) groups is 1. The summed E-state index contributed by atoms with van der Waals surface area (Å²) in [5, 5.41) is 0. The number of anilines is 1. The fraction of sp³-hybridized carbons (Fsp3) is 0.300. The molecule has 1 atom stereocenters. The van der Waals surface area contributed by atoms with Crippen molar-refractivity contribution in [3.05, 3.63) is 29.8 Å². The Hall–Kier alpha value is -1.77. The standard InChI is InChI=1S/C10H11F3N2O3S/c1-6(9(14)16)7-2-4-8(5-3-7)15-19(17,18)10(11,12)13/h2-6,15H,1H3,(H2,14,16)/t6-/m1/s1. The molecule has 1 rings (SSSR count). The molecular formula is C10H11F3N2O3S. The summed E-state index contributed by atoms with van der Waals surface area (Å²) in [4.78, 5) is 10.9. The summed E-state index contributed by atoms with van der Waals surface area (Å²) in [6.07, 6.45) is 0. The van der Waals surface area contributed by atoms with Gasteiger partial charge in [-0.3, -0.25) is 9.52 Å². The van der Waals surface area contributed by atoms with Crippen molar-refractivity contribution in [1.82, 2.24) is 0 Å². The second-order valence-corrected chi connectivity index (χ2v) is 5.47. The molecule has 1 aromatic carbocycles. The number of hydrogen-bond acceptors (Lipinski definition) is 3. The van der Waals surface area contributed by atoms with Gasteiger partial charge in [0.15, 0.2) is 0 Å². The number of primary amides is 1.